The van der Waals surface area contributed by atoms with E-state index < -0.39 is 29.9 Å². The van der Waals surface area contributed by atoms with Crippen LogP contribution in [0.4, 0.5) is 0 Å². The molecule has 0 aromatic carbocycles. The van der Waals surface area contributed by atoms with Crippen molar-refractivity contribution in [2.24, 2.45) is 11.3 Å². The second-order valence-corrected chi connectivity index (χ2v) is 7.88. The van der Waals surface area contributed by atoms with E-state index in [1.54, 1.807) is 13.0 Å². The Kier molecular flexibility index (Phi) is 3.41. The van der Waals surface area contributed by atoms with Gasteiger partial charge < -0.3 is 19.3 Å². The highest BCUT2D eigenvalue weighted by Crippen LogP contribution is 2.57. The molecular formula is C19H22O6. The largest absolute Gasteiger partial charge is 0.458 e. The number of rotatable bonds is 2. The first kappa shape index (κ1) is 16.4. The summed E-state index contributed by atoms with van der Waals surface area (Å²) < 4.78 is 16.0. The molecule has 1 saturated carbocycles. The zero-order chi connectivity index (χ0) is 18.0. The molecule has 4 atom stereocenters. The average molecular weight is 346 g/mol. The van der Waals surface area contributed by atoms with Gasteiger partial charge in [-0.2, -0.15) is 0 Å². The van der Waals surface area contributed by atoms with Crippen LogP contribution >= 0.6 is 0 Å². The zero-order valence-corrected chi connectivity index (χ0v) is 14.6. The van der Waals surface area contributed by atoms with Crippen LogP contribution in [-0.4, -0.2) is 35.0 Å². The molecule has 134 valence electrons. The second-order valence-electron chi connectivity index (χ2n) is 7.88. The summed E-state index contributed by atoms with van der Waals surface area (Å²) in [5.41, 5.74) is 0.261. The summed E-state index contributed by atoms with van der Waals surface area (Å²) in [4.78, 5) is 23.7. The summed E-state index contributed by atoms with van der Waals surface area (Å²) in [6.07, 6.45) is 6.05. The number of carbonyl (C=O) groups excluding carboxylic acids is 2. The summed E-state index contributed by atoms with van der Waals surface area (Å²) in [6.45, 7) is 5.67. The topological polar surface area (TPSA) is 82.1 Å². The molecule has 6 heteroatoms. The van der Waals surface area contributed by atoms with E-state index in [1.165, 1.54) is 6.26 Å². The van der Waals surface area contributed by atoms with Crippen molar-refractivity contribution in [1.82, 2.24) is 0 Å². The van der Waals surface area contributed by atoms with Gasteiger partial charge in [-0.25, -0.2) is 9.59 Å². The van der Waals surface area contributed by atoms with Crippen molar-refractivity contribution in [1.29, 1.82) is 0 Å². The highest BCUT2D eigenvalue weighted by molar-refractivity contribution is 5.93. The van der Waals surface area contributed by atoms with Crippen LogP contribution in [-0.2, 0) is 23.8 Å². The van der Waals surface area contributed by atoms with Gasteiger partial charge in [-0.1, -0.05) is 19.9 Å². The number of hydrogen-bond acceptors (Lipinski definition) is 6. The van der Waals surface area contributed by atoms with E-state index in [9.17, 15) is 14.7 Å². The second kappa shape index (κ2) is 5.21. The summed E-state index contributed by atoms with van der Waals surface area (Å²) in [7, 11) is 0. The number of ether oxygens (including phenoxy) is 3. The Morgan fingerprint density at radius 2 is 2.00 bits per heavy atom. The molecule has 0 aromatic heterocycles. The van der Waals surface area contributed by atoms with Crippen LogP contribution in [0.25, 0.3) is 0 Å². The molecule has 2 fully saturated rings. The van der Waals surface area contributed by atoms with Crippen LogP contribution in [0.5, 0.6) is 0 Å². The van der Waals surface area contributed by atoms with Crippen LogP contribution < -0.4 is 0 Å². The first-order valence-electron chi connectivity index (χ1n) is 8.63. The van der Waals surface area contributed by atoms with E-state index in [4.69, 9.17) is 14.2 Å². The molecule has 6 nitrogen and oxygen atoms in total. The normalized spacial score (nSPS) is 40.2. The van der Waals surface area contributed by atoms with Crippen molar-refractivity contribution >= 4 is 11.9 Å². The Hall–Kier alpha value is -2.08. The summed E-state index contributed by atoms with van der Waals surface area (Å²) >= 11 is 0. The molecule has 1 N–H and O–H groups in total. The number of fused-ring (bicyclic) bond motifs is 3. The standard InChI is InChI=1S/C19H22O6/c1-10-7-14(24-16(10)20)23-9-13-12-8-11-5-4-6-18(2,3)19(11,22)15(12)25-17(13)21/h7-9,12,14-15,22H,4-6H2,1-3H3/b13-9-. The predicted octanol–water partition coefficient (Wildman–Crippen LogP) is 2.14. The van der Waals surface area contributed by atoms with Crippen molar-refractivity contribution in [2.75, 3.05) is 0 Å². The molecule has 25 heavy (non-hydrogen) atoms. The lowest BCUT2D eigenvalue weighted by Crippen LogP contribution is -2.55. The lowest BCUT2D eigenvalue weighted by molar-refractivity contribution is -0.164. The van der Waals surface area contributed by atoms with Crippen molar-refractivity contribution < 1.29 is 28.9 Å². The molecular weight excluding hydrogens is 324 g/mol. The third kappa shape index (κ3) is 2.20. The van der Waals surface area contributed by atoms with Gasteiger partial charge in [-0.3, -0.25) is 0 Å². The third-order valence-electron chi connectivity index (χ3n) is 5.98. The Bertz CT molecular complexity index is 743. The van der Waals surface area contributed by atoms with Gasteiger partial charge in [-0.15, -0.1) is 0 Å². The average Bonchev–Trinajstić information content (AvgIpc) is 3.11. The lowest BCUT2D eigenvalue weighted by Gasteiger charge is -2.48. The Morgan fingerprint density at radius 1 is 1.24 bits per heavy atom. The van der Waals surface area contributed by atoms with Gasteiger partial charge in [0.2, 0.25) is 0 Å². The van der Waals surface area contributed by atoms with Crippen molar-refractivity contribution in [3.63, 3.8) is 0 Å². The Morgan fingerprint density at radius 3 is 2.68 bits per heavy atom. The lowest BCUT2D eigenvalue weighted by atomic mass is 9.62. The van der Waals surface area contributed by atoms with Gasteiger partial charge in [0.05, 0.1) is 17.8 Å². The zero-order valence-electron chi connectivity index (χ0n) is 14.6. The minimum Gasteiger partial charge on any atom is -0.458 e. The molecule has 2 heterocycles. The number of esters is 2. The molecule has 2 aliphatic heterocycles. The third-order valence-corrected chi connectivity index (χ3v) is 5.98. The molecule has 2 aliphatic carbocycles. The van der Waals surface area contributed by atoms with E-state index in [0.717, 1.165) is 24.8 Å². The molecule has 0 spiro atoms. The van der Waals surface area contributed by atoms with Crippen LogP contribution in [0.2, 0.25) is 0 Å². The number of cyclic esters (lactones) is 1. The molecule has 4 unspecified atom stereocenters. The number of hydrogen-bond donors (Lipinski definition) is 1. The summed E-state index contributed by atoms with van der Waals surface area (Å²) in [6, 6.07) is 0. The Balaban J connectivity index is 1.61. The molecule has 0 radical (unpaired) electrons. The van der Waals surface area contributed by atoms with Gasteiger partial charge >= 0.3 is 11.9 Å². The molecule has 4 rings (SSSR count). The Labute approximate surface area is 146 Å². The summed E-state index contributed by atoms with van der Waals surface area (Å²) in [5.74, 6) is -1.27. The van der Waals surface area contributed by atoms with E-state index in [1.807, 2.05) is 19.9 Å². The summed E-state index contributed by atoms with van der Waals surface area (Å²) in [5, 5.41) is 11.4. The van der Waals surface area contributed by atoms with Crippen LogP contribution in [0, 0.1) is 11.3 Å². The minimum atomic E-state index is -1.14. The van der Waals surface area contributed by atoms with Gasteiger partial charge in [-0.05, 0) is 31.8 Å². The maximum absolute atomic E-state index is 12.3. The van der Waals surface area contributed by atoms with Crippen LogP contribution in [0.3, 0.4) is 0 Å². The predicted molar refractivity (Wildman–Crippen MR) is 86.8 cm³/mol. The van der Waals surface area contributed by atoms with Crippen LogP contribution in [0.15, 0.2) is 35.1 Å². The van der Waals surface area contributed by atoms with E-state index >= 15 is 0 Å². The SMILES string of the molecule is CC1=CC(O/C=C2\C(=O)OC3C2C=C2CCCC(C)(C)C23O)OC1=O. The van der Waals surface area contributed by atoms with Crippen molar-refractivity contribution in [3.05, 3.63) is 35.1 Å². The highest BCUT2D eigenvalue weighted by Gasteiger charge is 2.64. The molecule has 4 aliphatic rings. The quantitative estimate of drug-likeness (QED) is 0.357. The van der Waals surface area contributed by atoms with E-state index in [-0.39, 0.29) is 11.3 Å². The minimum absolute atomic E-state index is 0.341. The fourth-order valence-electron chi connectivity index (χ4n) is 4.45. The van der Waals surface area contributed by atoms with Gasteiger partial charge in [0.1, 0.15) is 11.7 Å². The van der Waals surface area contributed by atoms with Crippen LogP contribution in [0.1, 0.15) is 40.0 Å². The van der Waals surface area contributed by atoms with E-state index in [0.29, 0.717) is 11.1 Å². The fraction of sp³-hybridized carbons (Fsp3) is 0.579. The smallest absolute Gasteiger partial charge is 0.338 e. The van der Waals surface area contributed by atoms with Gasteiger partial charge in [0.25, 0.3) is 6.29 Å². The molecule has 0 aromatic rings. The maximum atomic E-state index is 12.3. The fourth-order valence-corrected chi connectivity index (χ4v) is 4.45. The molecule has 0 amide bonds. The van der Waals surface area contributed by atoms with Crippen molar-refractivity contribution in [3.8, 4) is 0 Å². The van der Waals surface area contributed by atoms with Crippen molar-refractivity contribution in [2.45, 2.75) is 58.0 Å². The first-order chi connectivity index (χ1) is 11.7. The van der Waals surface area contributed by atoms with Gasteiger partial charge in [0, 0.05) is 17.1 Å². The maximum Gasteiger partial charge on any atom is 0.338 e. The molecule has 1 saturated heterocycles. The molecule has 0 bridgehead atoms. The number of carbonyl (C=O) groups is 2. The number of aliphatic hydroxyl groups is 1. The van der Waals surface area contributed by atoms with Gasteiger partial charge in [0.15, 0.2) is 0 Å². The van der Waals surface area contributed by atoms with E-state index in [2.05, 4.69) is 0 Å². The first-order valence-corrected chi connectivity index (χ1v) is 8.63. The highest BCUT2D eigenvalue weighted by atomic mass is 16.7. The monoisotopic (exact) mass is 346 g/mol.